The van der Waals surface area contributed by atoms with Gasteiger partial charge in [-0.2, -0.15) is 0 Å². The minimum atomic E-state index is -0.131. The van der Waals surface area contributed by atoms with Gasteiger partial charge in [0, 0.05) is 17.5 Å². The summed E-state index contributed by atoms with van der Waals surface area (Å²) in [5, 5.41) is 1.07. The smallest absolute Gasteiger partial charge is 0.306 e. The van der Waals surface area contributed by atoms with E-state index in [2.05, 4.69) is 37.3 Å². The van der Waals surface area contributed by atoms with Crippen LogP contribution in [0.3, 0.4) is 0 Å². The van der Waals surface area contributed by atoms with Crippen molar-refractivity contribution in [1.29, 1.82) is 0 Å². The minimum absolute atomic E-state index is 0.131. The molecule has 3 rings (SSSR count). The zero-order valence-corrected chi connectivity index (χ0v) is 17.8. The van der Waals surface area contributed by atoms with Crippen LogP contribution >= 0.6 is 0 Å². The Labute approximate surface area is 178 Å². The number of pyridine rings is 1. The fourth-order valence-electron chi connectivity index (χ4n) is 3.22. The molecule has 0 N–H and O–H groups in total. The fourth-order valence-corrected chi connectivity index (χ4v) is 3.22. The van der Waals surface area contributed by atoms with E-state index in [9.17, 15) is 4.79 Å². The van der Waals surface area contributed by atoms with Crippen LogP contribution < -0.4 is 4.74 Å². The van der Waals surface area contributed by atoms with Crippen LogP contribution in [0, 0.1) is 0 Å². The fraction of sp³-hybridized carbons (Fsp3) is 0.308. The summed E-state index contributed by atoms with van der Waals surface area (Å²) in [6.07, 6.45) is 5.16. The van der Waals surface area contributed by atoms with Crippen LogP contribution in [0.1, 0.15) is 44.4 Å². The van der Waals surface area contributed by atoms with Crippen LogP contribution in [0.15, 0.2) is 72.3 Å². The second kappa shape index (κ2) is 11.1. The second-order valence-corrected chi connectivity index (χ2v) is 7.33. The van der Waals surface area contributed by atoms with Crippen molar-refractivity contribution in [2.75, 3.05) is 6.61 Å². The van der Waals surface area contributed by atoms with E-state index in [1.807, 2.05) is 43.3 Å². The van der Waals surface area contributed by atoms with Crippen molar-refractivity contribution in [3.63, 3.8) is 0 Å². The van der Waals surface area contributed by atoms with Gasteiger partial charge in [-0.15, -0.1) is 0 Å². The maximum absolute atomic E-state index is 11.4. The minimum Gasteiger partial charge on any atom is -0.489 e. The maximum Gasteiger partial charge on any atom is 0.306 e. The van der Waals surface area contributed by atoms with Crippen molar-refractivity contribution in [3.05, 3.63) is 83.6 Å². The first-order valence-electron chi connectivity index (χ1n) is 10.5. The first-order valence-corrected chi connectivity index (χ1v) is 10.5. The molecule has 156 valence electrons. The SMILES string of the molecule is CCOC(=O)CC/C(C)=C/CCc1ccc2cc(OCc3ccccc3)ccc2n1. The number of carbonyl (C=O) groups is 1. The molecule has 4 nitrogen and oxygen atoms in total. The average Bonchev–Trinajstić information content (AvgIpc) is 2.77. The first-order chi connectivity index (χ1) is 14.6. The molecule has 1 aromatic heterocycles. The average molecular weight is 404 g/mol. The Hall–Kier alpha value is -3.14. The third kappa shape index (κ3) is 6.73. The van der Waals surface area contributed by atoms with Gasteiger partial charge in [-0.25, -0.2) is 0 Å². The Balaban J connectivity index is 1.52. The molecule has 0 saturated carbocycles. The summed E-state index contributed by atoms with van der Waals surface area (Å²) in [7, 11) is 0. The summed E-state index contributed by atoms with van der Waals surface area (Å²) in [6, 6.07) is 20.3. The molecule has 4 heteroatoms. The Morgan fingerprint density at radius 1 is 1.03 bits per heavy atom. The molecule has 3 aromatic rings. The predicted octanol–water partition coefficient (Wildman–Crippen LogP) is 6.04. The van der Waals surface area contributed by atoms with Gasteiger partial charge in [-0.1, -0.05) is 48.0 Å². The third-order valence-corrected chi connectivity index (χ3v) is 4.89. The molecule has 0 saturated heterocycles. The molecule has 2 aromatic carbocycles. The van der Waals surface area contributed by atoms with Crippen LogP contribution in [-0.4, -0.2) is 17.6 Å². The van der Waals surface area contributed by atoms with E-state index in [-0.39, 0.29) is 5.97 Å². The summed E-state index contributed by atoms with van der Waals surface area (Å²) >= 11 is 0. The Kier molecular flexibility index (Phi) is 8.02. The summed E-state index contributed by atoms with van der Waals surface area (Å²) in [5.41, 5.74) is 4.40. The number of ether oxygens (including phenoxy) is 2. The largest absolute Gasteiger partial charge is 0.489 e. The molecule has 0 atom stereocenters. The molecule has 0 aliphatic carbocycles. The van der Waals surface area contributed by atoms with Crippen molar-refractivity contribution >= 4 is 16.9 Å². The van der Waals surface area contributed by atoms with Crippen molar-refractivity contribution in [3.8, 4) is 5.75 Å². The molecule has 0 amide bonds. The highest BCUT2D eigenvalue weighted by Gasteiger charge is 2.03. The Bertz CT molecular complexity index is 996. The first kappa shape index (κ1) is 21.6. The van der Waals surface area contributed by atoms with Gasteiger partial charge in [-0.05, 0) is 62.9 Å². The number of hydrogen-bond acceptors (Lipinski definition) is 4. The molecule has 0 unspecified atom stereocenters. The lowest BCUT2D eigenvalue weighted by molar-refractivity contribution is -0.143. The summed E-state index contributed by atoms with van der Waals surface area (Å²) < 4.78 is 10.9. The zero-order valence-electron chi connectivity index (χ0n) is 17.8. The highest BCUT2D eigenvalue weighted by Crippen LogP contribution is 2.21. The lowest BCUT2D eigenvalue weighted by Gasteiger charge is -2.08. The van der Waals surface area contributed by atoms with Crippen molar-refractivity contribution < 1.29 is 14.3 Å². The van der Waals surface area contributed by atoms with Gasteiger partial charge in [0.25, 0.3) is 0 Å². The van der Waals surface area contributed by atoms with Gasteiger partial charge in [-0.3, -0.25) is 9.78 Å². The van der Waals surface area contributed by atoms with Crippen LogP contribution in [0.2, 0.25) is 0 Å². The lowest BCUT2D eigenvalue weighted by atomic mass is 10.1. The highest BCUT2D eigenvalue weighted by molar-refractivity contribution is 5.80. The summed E-state index contributed by atoms with van der Waals surface area (Å²) in [4.78, 5) is 16.2. The molecule has 0 radical (unpaired) electrons. The van der Waals surface area contributed by atoms with E-state index in [4.69, 9.17) is 14.5 Å². The van der Waals surface area contributed by atoms with E-state index in [0.29, 0.717) is 19.6 Å². The van der Waals surface area contributed by atoms with E-state index in [0.717, 1.165) is 47.2 Å². The number of aryl methyl sites for hydroxylation is 1. The van der Waals surface area contributed by atoms with Crippen molar-refractivity contribution in [1.82, 2.24) is 4.98 Å². The molecule has 1 heterocycles. The molecular formula is C26H29NO3. The number of aromatic nitrogens is 1. The number of esters is 1. The highest BCUT2D eigenvalue weighted by atomic mass is 16.5. The number of allylic oxidation sites excluding steroid dienone is 2. The molecule has 0 bridgehead atoms. The molecule has 0 aliphatic rings. The molecule has 0 fully saturated rings. The topological polar surface area (TPSA) is 48.4 Å². The summed E-state index contributed by atoms with van der Waals surface area (Å²) in [5.74, 6) is 0.717. The number of carbonyl (C=O) groups excluding carboxylic acids is 1. The quantitative estimate of drug-likeness (QED) is 0.306. The Morgan fingerprint density at radius 2 is 1.87 bits per heavy atom. The third-order valence-electron chi connectivity index (χ3n) is 4.89. The van der Waals surface area contributed by atoms with Gasteiger partial charge in [0.05, 0.1) is 12.1 Å². The van der Waals surface area contributed by atoms with Gasteiger partial charge in [0.1, 0.15) is 12.4 Å². The number of benzene rings is 2. The van der Waals surface area contributed by atoms with E-state index in [1.54, 1.807) is 0 Å². The van der Waals surface area contributed by atoms with Crippen molar-refractivity contribution in [2.24, 2.45) is 0 Å². The van der Waals surface area contributed by atoms with E-state index < -0.39 is 0 Å². The zero-order chi connectivity index (χ0) is 21.2. The van der Waals surface area contributed by atoms with E-state index in [1.165, 1.54) is 5.57 Å². The Morgan fingerprint density at radius 3 is 2.67 bits per heavy atom. The standard InChI is InChI=1S/C26H29NO3/c1-3-29-26(28)17-12-20(2)8-7-11-23-14-13-22-18-24(15-16-25(22)27-23)30-19-21-9-5-4-6-10-21/h4-6,8-10,13-16,18H,3,7,11-12,17,19H2,1-2H3/b20-8+. The van der Waals surface area contributed by atoms with Crippen LogP contribution in [0.25, 0.3) is 10.9 Å². The van der Waals surface area contributed by atoms with Gasteiger partial charge in [0.15, 0.2) is 0 Å². The molecule has 30 heavy (non-hydrogen) atoms. The maximum atomic E-state index is 11.4. The van der Waals surface area contributed by atoms with Crippen LogP contribution in [0.5, 0.6) is 5.75 Å². The van der Waals surface area contributed by atoms with Crippen LogP contribution in [-0.2, 0) is 22.6 Å². The number of fused-ring (bicyclic) bond motifs is 1. The normalized spacial score (nSPS) is 11.5. The van der Waals surface area contributed by atoms with Gasteiger partial charge < -0.3 is 9.47 Å². The second-order valence-electron chi connectivity index (χ2n) is 7.33. The number of hydrogen-bond donors (Lipinski definition) is 0. The molecule has 0 spiro atoms. The van der Waals surface area contributed by atoms with Crippen molar-refractivity contribution in [2.45, 2.75) is 46.1 Å². The molecule has 0 aliphatic heterocycles. The predicted molar refractivity (Wildman–Crippen MR) is 120 cm³/mol. The number of rotatable bonds is 10. The van der Waals surface area contributed by atoms with E-state index >= 15 is 0 Å². The number of nitrogens with zero attached hydrogens (tertiary/aromatic N) is 1. The van der Waals surface area contributed by atoms with Gasteiger partial charge >= 0.3 is 5.97 Å². The monoisotopic (exact) mass is 403 g/mol. The lowest BCUT2D eigenvalue weighted by Crippen LogP contribution is -2.03. The molecular weight excluding hydrogens is 374 g/mol. The van der Waals surface area contributed by atoms with Crippen LogP contribution in [0.4, 0.5) is 0 Å². The van der Waals surface area contributed by atoms with Gasteiger partial charge in [0.2, 0.25) is 0 Å². The summed E-state index contributed by atoms with van der Waals surface area (Å²) in [6.45, 7) is 4.88.